The molecule has 1 heteroatoms. The van der Waals surface area contributed by atoms with Gasteiger partial charge in [0.15, 0.2) is 0 Å². The van der Waals surface area contributed by atoms with Gasteiger partial charge in [-0.15, -0.1) is 0 Å². The molecule has 0 spiro atoms. The number of aryl methyl sites for hydroxylation is 2. The number of benzene rings is 1. The summed E-state index contributed by atoms with van der Waals surface area (Å²) in [5, 5.41) is 0. The zero-order valence-electron chi connectivity index (χ0n) is 8.08. The van der Waals surface area contributed by atoms with Crippen LogP contribution in [-0.2, 0) is 0 Å². The largest absolute Gasteiger partial charge is 1.00 e. The first kappa shape index (κ1) is 10.8. The Bertz CT molecular complexity index is 224. The second-order valence-electron chi connectivity index (χ2n) is 2.85. The first-order chi connectivity index (χ1) is 4.63. The van der Waals surface area contributed by atoms with Gasteiger partial charge in [-0.2, -0.15) is 34.4 Å². The third-order valence-corrected chi connectivity index (χ3v) is 2.22. The van der Waals surface area contributed by atoms with Crippen LogP contribution in [0.1, 0.15) is 22.3 Å². The van der Waals surface area contributed by atoms with Gasteiger partial charge in [-0.05, 0) is 0 Å². The maximum Gasteiger partial charge on any atom is 1.00 e. The molecule has 0 heterocycles. The molecule has 11 heavy (non-hydrogen) atoms. The third kappa shape index (κ3) is 2.12. The Morgan fingerprint density at radius 2 is 1.55 bits per heavy atom. The SMILES string of the molecule is Cc1[c-]cc(C)c(C)c1C.[Li+]. The molecule has 54 valence electrons. The normalized spacial score (nSPS) is 9.09. The summed E-state index contributed by atoms with van der Waals surface area (Å²) in [5.74, 6) is 0. The first-order valence-electron chi connectivity index (χ1n) is 3.58. The quantitative estimate of drug-likeness (QED) is 0.343. The summed E-state index contributed by atoms with van der Waals surface area (Å²) in [6, 6.07) is 5.26. The minimum Gasteiger partial charge on any atom is -0.180 e. The van der Waals surface area contributed by atoms with Crippen molar-refractivity contribution < 1.29 is 18.9 Å². The molecule has 0 radical (unpaired) electrons. The Balaban J connectivity index is 0.000001000. The van der Waals surface area contributed by atoms with Crippen LogP contribution in [0.4, 0.5) is 0 Å². The van der Waals surface area contributed by atoms with E-state index in [0.29, 0.717) is 0 Å². The van der Waals surface area contributed by atoms with Gasteiger partial charge in [0, 0.05) is 0 Å². The summed E-state index contributed by atoms with van der Waals surface area (Å²) in [5.41, 5.74) is 5.38. The zero-order chi connectivity index (χ0) is 7.72. The molecule has 0 saturated heterocycles. The van der Waals surface area contributed by atoms with Gasteiger partial charge in [0.1, 0.15) is 0 Å². The fourth-order valence-corrected chi connectivity index (χ4v) is 1.01. The van der Waals surface area contributed by atoms with E-state index >= 15 is 0 Å². The Morgan fingerprint density at radius 3 is 2.00 bits per heavy atom. The smallest absolute Gasteiger partial charge is 0.180 e. The second-order valence-corrected chi connectivity index (χ2v) is 2.85. The number of rotatable bonds is 0. The van der Waals surface area contributed by atoms with Gasteiger partial charge in [-0.3, -0.25) is 0 Å². The van der Waals surface area contributed by atoms with Gasteiger partial charge >= 0.3 is 18.9 Å². The van der Waals surface area contributed by atoms with Crippen molar-refractivity contribution in [2.75, 3.05) is 0 Å². The average Bonchev–Trinajstić information content (AvgIpc) is 1.93. The molecule has 0 aromatic heterocycles. The van der Waals surface area contributed by atoms with Crippen LogP contribution in [0.5, 0.6) is 0 Å². The Morgan fingerprint density at radius 1 is 1.00 bits per heavy atom. The molecule has 1 aromatic rings. The van der Waals surface area contributed by atoms with Crippen LogP contribution in [0.15, 0.2) is 6.07 Å². The van der Waals surface area contributed by atoms with Gasteiger partial charge in [0.2, 0.25) is 0 Å². The van der Waals surface area contributed by atoms with Crippen LogP contribution in [-0.4, -0.2) is 0 Å². The second kappa shape index (κ2) is 4.00. The van der Waals surface area contributed by atoms with E-state index in [-0.39, 0.29) is 18.9 Å². The molecule has 0 aliphatic rings. The summed E-state index contributed by atoms with van der Waals surface area (Å²) >= 11 is 0. The van der Waals surface area contributed by atoms with Crippen molar-refractivity contribution in [1.82, 2.24) is 0 Å². The van der Waals surface area contributed by atoms with E-state index in [1.807, 2.05) is 0 Å². The standard InChI is InChI=1S/C10H13.Li/c1-7-5-6-8(2)10(4)9(7)3;/h5H,1-4H3;/q-1;+1. The predicted octanol–water partition coefficient (Wildman–Crippen LogP) is -0.276. The Labute approximate surface area is 81.2 Å². The Kier molecular flexibility index (Phi) is 3.93. The number of hydrogen-bond donors (Lipinski definition) is 0. The molecular formula is C10H13Li. The van der Waals surface area contributed by atoms with Crippen LogP contribution in [0.25, 0.3) is 0 Å². The summed E-state index contributed by atoms with van der Waals surface area (Å²) in [6.07, 6.45) is 0. The van der Waals surface area contributed by atoms with Gasteiger partial charge in [0.05, 0.1) is 0 Å². The molecule has 0 fully saturated rings. The molecule has 0 aliphatic carbocycles. The molecule has 0 amide bonds. The van der Waals surface area contributed by atoms with Crippen molar-refractivity contribution in [2.24, 2.45) is 0 Å². The van der Waals surface area contributed by atoms with Crippen LogP contribution in [0.3, 0.4) is 0 Å². The first-order valence-corrected chi connectivity index (χ1v) is 3.58. The fraction of sp³-hybridized carbons (Fsp3) is 0.400. The van der Waals surface area contributed by atoms with Crippen LogP contribution in [0, 0.1) is 33.8 Å². The van der Waals surface area contributed by atoms with Gasteiger partial charge in [0.25, 0.3) is 0 Å². The van der Waals surface area contributed by atoms with E-state index in [4.69, 9.17) is 0 Å². The third-order valence-electron chi connectivity index (χ3n) is 2.22. The molecule has 0 saturated carbocycles. The summed E-state index contributed by atoms with van der Waals surface area (Å²) < 4.78 is 0. The van der Waals surface area contributed by atoms with Crippen molar-refractivity contribution in [2.45, 2.75) is 27.7 Å². The van der Waals surface area contributed by atoms with Gasteiger partial charge in [-0.25, -0.2) is 0 Å². The molecule has 0 bridgehead atoms. The van der Waals surface area contributed by atoms with E-state index in [1.165, 1.54) is 22.3 Å². The van der Waals surface area contributed by atoms with Crippen LogP contribution < -0.4 is 18.9 Å². The molecule has 1 aromatic carbocycles. The summed E-state index contributed by atoms with van der Waals surface area (Å²) in [7, 11) is 0. The fourth-order valence-electron chi connectivity index (χ4n) is 1.01. The van der Waals surface area contributed by atoms with E-state index in [9.17, 15) is 0 Å². The molecular weight excluding hydrogens is 127 g/mol. The minimum atomic E-state index is 0. The van der Waals surface area contributed by atoms with Crippen molar-refractivity contribution >= 4 is 0 Å². The predicted molar refractivity (Wildman–Crippen MR) is 44.2 cm³/mol. The zero-order valence-corrected chi connectivity index (χ0v) is 8.08. The van der Waals surface area contributed by atoms with E-state index < -0.39 is 0 Å². The van der Waals surface area contributed by atoms with Gasteiger partial charge < -0.3 is 0 Å². The molecule has 0 unspecified atom stereocenters. The summed E-state index contributed by atoms with van der Waals surface area (Å²) in [4.78, 5) is 0. The van der Waals surface area contributed by atoms with E-state index in [1.54, 1.807) is 0 Å². The molecule has 0 aliphatic heterocycles. The van der Waals surface area contributed by atoms with E-state index in [0.717, 1.165) is 0 Å². The maximum absolute atomic E-state index is 3.21. The Hall–Kier alpha value is -0.183. The topological polar surface area (TPSA) is 0 Å². The molecule has 0 nitrogen and oxygen atoms in total. The van der Waals surface area contributed by atoms with Crippen molar-refractivity contribution in [3.63, 3.8) is 0 Å². The van der Waals surface area contributed by atoms with Crippen LogP contribution >= 0.6 is 0 Å². The maximum atomic E-state index is 3.21. The average molecular weight is 140 g/mol. The molecule has 0 atom stereocenters. The van der Waals surface area contributed by atoms with Crippen molar-refractivity contribution in [3.05, 3.63) is 34.4 Å². The van der Waals surface area contributed by atoms with E-state index in [2.05, 4.69) is 39.8 Å². The summed E-state index contributed by atoms with van der Waals surface area (Å²) in [6.45, 7) is 8.53. The minimum absolute atomic E-state index is 0. The van der Waals surface area contributed by atoms with Crippen LogP contribution in [0.2, 0.25) is 0 Å². The monoisotopic (exact) mass is 140 g/mol. The molecule has 0 N–H and O–H groups in total. The van der Waals surface area contributed by atoms with Crippen molar-refractivity contribution in [1.29, 1.82) is 0 Å². The molecule has 1 rings (SSSR count). The van der Waals surface area contributed by atoms with Gasteiger partial charge in [-0.1, -0.05) is 27.7 Å². The van der Waals surface area contributed by atoms with Crippen molar-refractivity contribution in [3.8, 4) is 0 Å². The number of hydrogen-bond acceptors (Lipinski definition) is 0.